The maximum Gasteiger partial charge on any atom is 0.164 e. The molecule has 1 aromatic carbocycles. The third kappa shape index (κ3) is 2.87. The normalized spacial score (nSPS) is 10.6. The van der Waals surface area contributed by atoms with Gasteiger partial charge in [0.05, 0.1) is 13.7 Å². The Hall–Kier alpha value is -1.88. The summed E-state index contributed by atoms with van der Waals surface area (Å²) >= 11 is 0. The molecule has 0 bridgehead atoms. The molecule has 0 fully saturated rings. The fourth-order valence-corrected chi connectivity index (χ4v) is 1.86. The number of nitrogens with two attached hydrogens (primary N) is 1. The maximum atomic E-state index is 5.52. The van der Waals surface area contributed by atoms with Crippen molar-refractivity contribution in [3.05, 3.63) is 41.5 Å². The zero-order valence-electron chi connectivity index (χ0n) is 10.8. The van der Waals surface area contributed by atoms with Crippen LogP contribution in [0.3, 0.4) is 0 Å². The minimum absolute atomic E-state index is 0.382. The van der Waals surface area contributed by atoms with E-state index in [0.717, 1.165) is 24.4 Å². The van der Waals surface area contributed by atoms with Crippen LogP contribution in [-0.2, 0) is 26.4 Å². The zero-order valence-corrected chi connectivity index (χ0v) is 10.8. The van der Waals surface area contributed by atoms with Crippen LogP contribution in [0.1, 0.15) is 17.2 Å². The highest BCUT2D eigenvalue weighted by Gasteiger charge is 2.06. The van der Waals surface area contributed by atoms with Crippen molar-refractivity contribution in [2.75, 3.05) is 7.11 Å². The van der Waals surface area contributed by atoms with E-state index in [1.165, 1.54) is 5.56 Å². The molecule has 1 heterocycles. The van der Waals surface area contributed by atoms with Crippen molar-refractivity contribution >= 4 is 0 Å². The van der Waals surface area contributed by atoms with Crippen LogP contribution < -0.4 is 10.5 Å². The lowest BCUT2D eigenvalue weighted by Gasteiger charge is -2.04. The Morgan fingerprint density at radius 1 is 1.33 bits per heavy atom. The molecule has 0 spiro atoms. The third-order valence-corrected chi connectivity index (χ3v) is 2.85. The molecule has 1 aromatic heterocycles. The summed E-state index contributed by atoms with van der Waals surface area (Å²) in [5, 5.41) is 4.23. The van der Waals surface area contributed by atoms with Gasteiger partial charge >= 0.3 is 0 Å². The van der Waals surface area contributed by atoms with Gasteiger partial charge in [-0.15, -0.1) is 0 Å². The Morgan fingerprint density at radius 2 is 2.17 bits per heavy atom. The van der Waals surface area contributed by atoms with Gasteiger partial charge in [0.25, 0.3) is 0 Å². The zero-order chi connectivity index (χ0) is 13.0. The number of hydrogen-bond donors (Lipinski definition) is 1. The van der Waals surface area contributed by atoms with Crippen molar-refractivity contribution in [3.63, 3.8) is 0 Å². The predicted molar refractivity (Wildman–Crippen MR) is 69.3 cm³/mol. The summed E-state index contributed by atoms with van der Waals surface area (Å²) in [6.07, 6.45) is 1.75. The summed E-state index contributed by atoms with van der Waals surface area (Å²) in [7, 11) is 3.57. The Morgan fingerprint density at radius 3 is 2.83 bits per heavy atom. The molecule has 0 aliphatic carbocycles. The smallest absolute Gasteiger partial charge is 0.164 e. The third-order valence-electron chi connectivity index (χ3n) is 2.85. The molecule has 2 N–H and O–H groups in total. The second-order valence-electron chi connectivity index (χ2n) is 4.12. The molecular weight excluding hydrogens is 228 g/mol. The molecule has 18 heavy (non-hydrogen) atoms. The van der Waals surface area contributed by atoms with Crippen LogP contribution in [-0.4, -0.2) is 21.9 Å². The van der Waals surface area contributed by atoms with Crippen LogP contribution in [0.2, 0.25) is 0 Å². The molecule has 0 aliphatic heterocycles. The Bertz CT molecular complexity index is 521. The molecule has 96 valence electrons. The highest BCUT2D eigenvalue weighted by molar-refractivity contribution is 5.28. The van der Waals surface area contributed by atoms with Crippen LogP contribution in [0.5, 0.6) is 5.75 Å². The second kappa shape index (κ2) is 5.64. The van der Waals surface area contributed by atoms with Gasteiger partial charge in [0.15, 0.2) is 5.82 Å². The molecule has 2 aromatic rings. The van der Waals surface area contributed by atoms with E-state index in [1.807, 2.05) is 25.2 Å². The van der Waals surface area contributed by atoms with Gasteiger partial charge in [0, 0.05) is 13.5 Å². The van der Waals surface area contributed by atoms with E-state index in [-0.39, 0.29) is 0 Å². The molecular formula is C13H18N4O. The molecule has 0 aliphatic rings. The number of aryl methyl sites for hydroxylation is 3. The lowest BCUT2D eigenvalue weighted by Crippen LogP contribution is -2.01. The van der Waals surface area contributed by atoms with Crippen LogP contribution in [0, 0.1) is 0 Å². The number of ether oxygens (including phenoxy) is 1. The number of hydrogen-bond acceptors (Lipinski definition) is 4. The molecule has 0 amide bonds. The van der Waals surface area contributed by atoms with Crippen molar-refractivity contribution in [3.8, 4) is 5.75 Å². The second-order valence-corrected chi connectivity index (χ2v) is 4.12. The molecule has 0 saturated heterocycles. The van der Waals surface area contributed by atoms with Crippen LogP contribution in [0.15, 0.2) is 24.3 Å². The van der Waals surface area contributed by atoms with E-state index < -0.39 is 0 Å². The SMILES string of the molecule is COc1cccc(CCc2nc(CN)nn2C)c1. The summed E-state index contributed by atoms with van der Waals surface area (Å²) in [5.41, 5.74) is 6.75. The number of nitrogens with zero attached hydrogens (tertiary/aromatic N) is 3. The highest BCUT2D eigenvalue weighted by atomic mass is 16.5. The summed E-state index contributed by atoms with van der Waals surface area (Å²) in [6.45, 7) is 0.382. The molecule has 2 rings (SSSR count). The first-order valence-electron chi connectivity index (χ1n) is 5.94. The topological polar surface area (TPSA) is 66.0 Å². The van der Waals surface area contributed by atoms with Crippen molar-refractivity contribution in [2.24, 2.45) is 12.8 Å². The lowest BCUT2D eigenvalue weighted by molar-refractivity contribution is 0.414. The van der Waals surface area contributed by atoms with Crippen LogP contribution in [0.4, 0.5) is 0 Å². The Kier molecular flexibility index (Phi) is 3.94. The summed E-state index contributed by atoms with van der Waals surface area (Å²) in [4.78, 5) is 4.38. The summed E-state index contributed by atoms with van der Waals surface area (Å²) in [6, 6.07) is 8.07. The monoisotopic (exact) mass is 246 g/mol. The minimum Gasteiger partial charge on any atom is -0.497 e. The maximum absolute atomic E-state index is 5.52. The first-order valence-corrected chi connectivity index (χ1v) is 5.94. The largest absolute Gasteiger partial charge is 0.497 e. The average Bonchev–Trinajstić information content (AvgIpc) is 2.77. The average molecular weight is 246 g/mol. The van der Waals surface area contributed by atoms with Gasteiger partial charge in [-0.05, 0) is 24.1 Å². The van der Waals surface area contributed by atoms with Gasteiger partial charge in [-0.3, -0.25) is 4.68 Å². The standard InChI is InChI=1S/C13H18N4O/c1-17-13(15-12(9-14)16-17)7-6-10-4-3-5-11(8-10)18-2/h3-5,8H,6-7,9,14H2,1-2H3. The first kappa shape index (κ1) is 12.6. The number of benzene rings is 1. The fraction of sp³-hybridized carbons (Fsp3) is 0.385. The van der Waals surface area contributed by atoms with E-state index >= 15 is 0 Å². The Balaban J connectivity index is 2.03. The quantitative estimate of drug-likeness (QED) is 0.857. The van der Waals surface area contributed by atoms with Gasteiger partial charge in [-0.1, -0.05) is 12.1 Å². The summed E-state index contributed by atoms with van der Waals surface area (Å²) in [5.74, 6) is 2.53. The van der Waals surface area contributed by atoms with E-state index in [1.54, 1.807) is 11.8 Å². The molecule has 5 nitrogen and oxygen atoms in total. The van der Waals surface area contributed by atoms with Crippen LogP contribution >= 0.6 is 0 Å². The highest BCUT2D eigenvalue weighted by Crippen LogP contribution is 2.14. The van der Waals surface area contributed by atoms with E-state index in [2.05, 4.69) is 16.1 Å². The van der Waals surface area contributed by atoms with Gasteiger partial charge in [0.1, 0.15) is 11.6 Å². The molecule has 0 atom stereocenters. The van der Waals surface area contributed by atoms with Gasteiger partial charge in [-0.2, -0.15) is 5.10 Å². The first-order chi connectivity index (χ1) is 8.72. The van der Waals surface area contributed by atoms with E-state index in [4.69, 9.17) is 10.5 Å². The lowest BCUT2D eigenvalue weighted by atomic mass is 10.1. The fourth-order valence-electron chi connectivity index (χ4n) is 1.86. The number of methoxy groups -OCH3 is 1. The van der Waals surface area contributed by atoms with Gasteiger partial charge in [0.2, 0.25) is 0 Å². The minimum atomic E-state index is 0.382. The van der Waals surface area contributed by atoms with Crippen molar-refractivity contribution in [1.29, 1.82) is 0 Å². The van der Waals surface area contributed by atoms with Crippen molar-refractivity contribution < 1.29 is 4.74 Å². The number of rotatable bonds is 5. The molecule has 0 radical (unpaired) electrons. The number of aromatic nitrogens is 3. The van der Waals surface area contributed by atoms with Crippen LogP contribution in [0.25, 0.3) is 0 Å². The van der Waals surface area contributed by atoms with Gasteiger partial charge < -0.3 is 10.5 Å². The van der Waals surface area contributed by atoms with E-state index in [0.29, 0.717) is 12.4 Å². The van der Waals surface area contributed by atoms with Crippen molar-refractivity contribution in [1.82, 2.24) is 14.8 Å². The molecule has 0 unspecified atom stereocenters. The molecule has 5 heteroatoms. The van der Waals surface area contributed by atoms with E-state index in [9.17, 15) is 0 Å². The van der Waals surface area contributed by atoms with Crippen molar-refractivity contribution in [2.45, 2.75) is 19.4 Å². The predicted octanol–water partition coefficient (Wildman–Crippen LogP) is 1.07. The summed E-state index contributed by atoms with van der Waals surface area (Å²) < 4.78 is 7.00. The Labute approximate surface area is 107 Å². The molecule has 0 saturated carbocycles. The van der Waals surface area contributed by atoms with Gasteiger partial charge in [-0.25, -0.2) is 4.98 Å².